The van der Waals surface area contributed by atoms with E-state index in [4.69, 9.17) is 26.8 Å². The van der Waals surface area contributed by atoms with Crippen LogP contribution in [0.3, 0.4) is 0 Å². The summed E-state index contributed by atoms with van der Waals surface area (Å²) in [5, 5.41) is 3.12. The van der Waals surface area contributed by atoms with Gasteiger partial charge < -0.3 is 20.5 Å². The van der Waals surface area contributed by atoms with E-state index in [9.17, 15) is 14.4 Å². The Morgan fingerprint density at radius 3 is 2.27 bits per heavy atom. The fraction of sp³-hybridized carbons (Fsp3) is 0.167. The van der Waals surface area contributed by atoms with Crippen molar-refractivity contribution in [1.29, 1.82) is 0 Å². The standard InChI is InChI=1S/C18H17ClN2O5/c1-11(18(24)21-14-6-2-12(3-7-14)17(20)23)26-16(22)10-25-15-8-4-13(19)5-9-15/h2-9,11H,10H2,1H3,(H2,20,23)(H,21,24)/t11-/m1/s1. The Labute approximate surface area is 155 Å². The minimum atomic E-state index is -1.02. The molecule has 0 aliphatic carbocycles. The van der Waals surface area contributed by atoms with E-state index in [2.05, 4.69) is 5.32 Å². The number of esters is 1. The highest BCUT2D eigenvalue weighted by molar-refractivity contribution is 6.30. The third-order valence-electron chi connectivity index (χ3n) is 3.28. The predicted octanol–water partition coefficient (Wildman–Crippen LogP) is 2.39. The number of rotatable bonds is 7. The van der Waals surface area contributed by atoms with Gasteiger partial charge >= 0.3 is 5.97 Å². The van der Waals surface area contributed by atoms with Crippen LogP contribution in [0.15, 0.2) is 48.5 Å². The fourth-order valence-electron chi connectivity index (χ4n) is 1.92. The molecule has 0 saturated carbocycles. The molecular weight excluding hydrogens is 360 g/mol. The summed E-state index contributed by atoms with van der Waals surface area (Å²) in [6.07, 6.45) is -1.02. The second-order valence-corrected chi connectivity index (χ2v) is 5.74. The van der Waals surface area contributed by atoms with Gasteiger partial charge in [0.15, 0.2) is 12.7 Å². The van der Waals surface area contributed by atoms with Gasteiger partial charge in [0.05, 0.1) is 0 Å². The van der Waals surface area contributed by atoms with Crippen molar-refractivity contribution >= 4 is 35.1 Å². The minimum Gasteiger partial charge on any atom is -0.482 e. The van der Waals surface area contributed by atoms with E-state index in [0.717, 1.165) is 0 Å². The van der Waals surface area contributed by atoms with Crippen molar-refractivity contribution in [2.45, 2.75) is 13.0 Å². The summed E-state index contributed by atoms with van der Waals surface area (Å²) in [5.41, 5.74) is 5.91. The van der Waals surface area contributed by atoms with Crippen LogP contribution in [0, 0.1) is 0 Å². The first-order chi connectivity index (χ1) is 12.3. The van der Waals surface area contributed by atoms with Gasteiger partial charge in [-0.05, 0) is 55.5 Å². The van der Waals surface area contributed by atoms with Crippen molar-refractivity contribution in [2.24, 2.45) is 5.73 Å². The number of nitrogens with one attached hydrogen (secondary N) is 1. The zero-order valence-electron chi connectivity index (χ0n) is 13.9. The number of carbonyl (C=O) groups is 3. The molecule has 0 aliphatic heterocycles. The lowest BCUT2D eigenvalue weighted by atomic mass is 10.2. The average molecular weight is 377 g/mol. The molecule has 0 heterocycles. The molecule has 26 heavy (non-hydrogen) atoms. The van der Waals surface area contributed by atoms with E-state index in [1.807, 2.05) is 0 Å². The van der Waals surface area contributed by atoms with E-state index in [1.165, 1.54) is 31.2 Å². The highest BCUT2D eigenvalue weighted by Crippen LogP contribution is 2.15. The van der Waals surface area contributed by atoms with Crippen molar-refractivity contribution in [3.05, 3.63) is 59.1 Å². The number of carbonyl (C=O) groups excluding carboxylic acids is 3. The SMILES string of the molecule is C[C@@H](OC(=O)COc1ccc(Cl)cc1)C(=O)Nc1ccc(C(N)=O)cc1. The normalized spacial score (nSPS) is 11.3. The van der Waals surface area contributed by atoms with Crippen molar-refractivity contribution < 1.29 is 23.9 Å². The zero-order chi connectivity index (χ0) is 19.1. The van der Waals surface area contributed by atoms with Gasteiger partial charge in [0, 0.05) is 16.3 Å². The first-order valence-electron chi connectivity index (χ1n) is 7.63. The number of halogens is 1. The first-order valence-corrected chi connectivity index (χ1v) is 8.01. The largest absolute Gasteiger partial charge is 0.482 e. The number of ether oxygens (including phenoxy) is 2. The second-order valence-electron chi connectivity index (χ2n) is 5.31. The molecule has 2 aromatic carbocycles. The summed E-state index contributed by atoms with van der Waals surface area (Å²) in [6, 6.07) is 12.5. The van der Waals surface area contributed by atoms with Crippen LogP contribution in [0.25, 0.3) is 0 Å². The summed E-state index contributed by atoms with van der Waals surface area (Å²) in [4.78, 5) is 34.8. The molecule has 2 rings (SSSR count). The molecule has 0 spiro atoms. The maximum absolute atomic E-state index is 12.0. The monoisotopic (exact) mass is 376 g/mol. The van der Waals surface area contributed by atoms with Crippen LogP contribution in [0.2, 0.25) is 5.02 Å². The van der Waals surface area contributed by atoms with Gasteiger partial charge in [0.2, 0.25) is 5.91 Å². The third-order valence-corrected chi connectivity index (χ3v) is 3.54. The number of nitrogens with two attached hydrogens (primary N) is 1. The molecule has 0 unspecified atom stereocenters. The molecule has 1 atom stereocenters. The quantitative estimate of drug-likeness (QED) is 0.721. The predicted molar refractivity (Wildman–Crippen MR) is 96.1 cm³/mol. The smallest absolute Gasteiger partial charge is 0.344 e. The van der Waals surface area contributed by atoms with Crippen LogP contribution in [0.5, 0.6) is 5.75 Å². The lowest BCUT2D eigenvalue weighted by Crippen LogP contribution is -2.31. The van der Waals surface area contributed by atoms with Gasteiger partial charge in [-0.15, -0.1) is 0 Å². The van der Waals surface area contributed by atoms with E-state index >= 15 is 0 Å². The molecule has 2 amide bonds. The maximum atomic E-state index is 12.0. The lowest BCUT2D eigenvalue weighted by molar-refractivity contribution is -0.155. The van der Waals surface area contributed by atoms with Crippen LogP contribution in [-0.4, -0.2) is 30.5 Å². The van der Waals surface area contributed by atoms with Crippen LogP contribution >= 0.6 is 11.6 Å². The third kappa shape index (κ3) is 5.78. The van der Waals surface area contributed by atoms with Gasteiger partial charge in [-0.1, -0.05) is 11.6 Å². The average Bonchev–Trinajstić information content (AvgIpc) is 2.61. The molecular formula is C18H17ClN2O5. The van der Waals surface area contributed by atoms with E-state index in [-0.39, 0.29) is 6.61 Å². The van der Waals surface area contributed by atoms with Crippen LogP contribution in [-0.2, 0) is 14.3 Å². The summed E-state index contributed by atoms with van der Waals surface area (Å²) in [5.74, 6) is -1.31. The lowest BCUT2D eigenvalue weighted by Gasteiger charge is -2.14. The highest BCUT2D eigenvalue weighted by Gasteiger charge is 2.18. The Bertz CT molecular complexity index is 790. The summed E-state index contributed by atoms with van der Waals surface area (Å²) in [7, 11) is 0. The van der Waals surface area contributed by atoms with Crippen LogP contribution < -0.4 is 15.8 Å². The molecule has 0 aliphatic rings. The number of anilines is 1. The first kappa shape index (κ1) is 19.3. The summed E-state index contributed by atoms with van der Waals surface area (Å²) >= 11 is 5.75. The molecule has 0 radical (unpaired) electrons. The molecule has 3 N–H and O–H groups in total. The Kier molecular flexibility index (Phi) is 6.57. The number of amides is 2. The van der Waals surface area contributed by atoms with E-state index in [0.29, 0.717) is 22.0 Å². The van der Waals surface area contributed by atoms with Crippen LogP contribution in [0.1, 0.15) is 17.3 Å². The Morgan fingerprint density at radius 1 is 1.08 bits per heavy atom. The van der Waals surface area contributed by atoms with Crippen molar-refractivity contribution in [2.75, 3.05) is 11.9 Å². The van der Waals surface area contributed by atoms with Gasteiger partial charge in [-0.3, -0.25) is 9.59 Å². The minimum absolute atomic E-state index is 0.321. The summed E-state index contributed by atoms with van der Waals surface area (Å²) in [6.45, 7) is 1.10. The number of hydrogen-bond acceptors (Lipinski definition) is 5. The highest BCUT2D eigenvalue weighted by atomic mass is 35.5. The van der Waals surface area contributed by atoms with Gasteiger partial charge in [0.1, 0.15) is 5.75 Å². The van der Waals surface area contributed by atoms with Crippen molar-refractivity contribution in [3.8, 4) is 5.75 Å². The molecule has 8 heteroatoms. The molecule has 0 aromatic heterocycles. The number of primary amides is 1. The van der Waals surface area contributed by atoms with Gasteiger partial charge in [0.25, 0.3) is 5.91 Å². The molecule has 0 fully saturated rings. The van der Waals surface area contributed by atoms with Crippen molar-refractivity contribution in [3.63, 3.8) is 0 Å². The summed E-state index contributed by atoms with van der Waals surface area (Å²) < 4.78 is 10.3. The Hall–Kier alpha value is -3.06. The number of benzene rings is 2. The second kappa shape index (κ2) is 8.87. The maximum Gasteiger partial charge on any atom is 0.344 e. The molecule has 2 aromatic rings. The van der Waals surface area contributed by atoms with Crippen molar-refractivity contribution in [1.82, 2.24) is 0 Å². The molecule has 7 nitrogen and oxygen atoms in total. The Morgan fingerprint density at radius 2 is 1.69 bits per heavy atom. The zero-order valence-corrected chi connectivity index (χ0v) is 14.7. The molecule has 0 saturated heterocycles. The van der Waals surface area contributed by atoms with Crippen LogP contribution in [0.4, 0.5) is 5.69 Å². The molecule has 0 bridgehead atoms. The number of hydrogen-bond donors (Lipinski definition) is 2. The molecule has 136 valence electrons. The van der Waals surface area contributed by atoms with Gasteiger partial charge in [-0.25, -0.2) is 4.79 Å². The van der Waals surface area contributed by atoms with E-state index < -0.39 is 23.9 Å². The van der Waals surface area contributed by atoms with Gasteiger partial charge in [-0.2, -0.15) is 0 Å². The topological polar surface area (TPSA) is 108 Å². The Balaban J connectivity index is 1.80. The fourth-order valence-corrected chi connectivity index (χ4v) is 2.05. The van der Waals surface area contributed by atoms with E-state index in [1.54, 1.807) is 24.3 Å².